The molecule has 0 unspecified atom stereocenters. The lowest BCUT2D eigenvalue weighted by Crippen LogP contribution is -2.25. The lowest BCUT2D eigenvalue weighted by Gasteiger charge is -2.21. The first-order chi connectivity index (χ1) is 14.3. The highest BCUT2D eigenvalue weighted by molar-refractivity contribution is 7.80. The van der Waals surface area contributed by atoms with Crippen molar-refractivity contribution in [3.63, 3.8) is 0 Å². The van der Waals surface area contributed by atoms with Crippen molar-refractivity contribution in [2.45, 2.75) is 6.61 Å². The molecule has 0 fully saturated rings. The zero-order chi connectivity index (χ0) is 19.9. The number of carbonyl (C=O) groups is 1. The molecule has 29 heavy (non-hydrogen) atoms. The third kappa shape index (κ3) is 4.62. The second kappa shape index (κ2) is 9.32. The summed E-state index contributed by atoms with van der Waals surface area (Å²) < 4.78 is 5.65. The van der Waals surface area contributed by atoms with Crippen LogP contribution >= 0.6 is 7.92 Å². The average molecular weight is 396 g/mol. The number of hydrogen-bond acceptors (Lipinski definition) is 2. The van der Waals surface area contributed by atoms with Crippen LogP contribution in [0.3, 0.4) is 0 Å². The lowest BCUT2D eigenvalue weighted by atomic mass is 10.2. The van der Waals surface area contributed by atoms with Crippen LogP contribution in [0.1, 0.15) is 15.9 Å². The van der Waals surface area contributed by atoms with Crippen molar-refractivity contribution in [2.24, 2.45) is 0 Å². The molecule has 0 bridgehead atoms. The fourth-order valence-corrected chi connectivity index (χ4v) is 5.66. The van der Waals surface area contributed by atoms with E-state index in [2.05, 4.69) is 24.3 Å². The SMILES string of the molecule is O=C(OCc1ccccc1)c1ccccc1P(c1ccccc1)c1ccccc1. The minimum Gasteiger partial charge on any atom is -0.457 e. The van der Waals surface area contributed by atoms with Crippen LogP contribution in [0, 0.1) is 0 Å². The van der Waals surface area contributed by atoms with Gasteiger partial charge in [-0.15, -0.1) is 0 Å². The van der Waals surface area contributed by atoms with E-state index in [1.165, 1.54) is 10.6 Å². The van der Waals surface area contributed by atoms with Gasteiger partial charge >= 0.3 is 5.97 Å². The summed E-state index contributed by atoms with van der Waals surface area (Å²) in [7, 11) is -0.865. The number of rotatable bonds is 6. The Balaban J connectivity index is 1.70. The van der Waals surface area contributed by atoms with E-state index in [1.807, 2.05) is 91.0 Å². The van der Waals surface area contributed by atoms with Crippen molar-refractivity contribution in [1.82, 2.24) is 0 Å². The monoisotopic (exact) mass is 396 g/mol. The molecule has 0 aromatic heterocycles. The maximum atomic E-state index is 13.0. The maximum Gasteiger partial charge on any atom is 0.339 e. The second-order valence-corrected chi connectivity index (χ2v) is 8.77. The molecule has 0 atom stereocenters. The summed E-state index contributed by atoms with van der Waals surface area (Å²) >= 11 is 0. The van der Waals surface area contributed by atoms with E-state index < -0.39 is 7.92 Å². The van der Waals surface area contributed by atoms with Gasteiger partial charge in [-0.25, -0.2) is 4.79 Å². The Morgan fingerprint density at radius 2 is 1.10 bits per heavy atom. The van der Waals surface area contributed by atoms with E-state index in [4.69, 9.17) is 4.74 Å². The molecule has 0 N–H and O–H groups in total. The fourth-order valence-electron chi connectivity index (χ4n) is 3.22. The van der Waals surface area contributed by atoms with Gasteiger partial charge in [0.25, 0.3) is 0 Å². The Morgan fingerprint density at radius 3 is 1.69 bits per heavy atom. The van der Waals surface area contributed by atoms with Crippen LogP contribution in [0.15, 0.2) is 115 Å². The highest BCUT2D eigenvalue weighted by Crippen LogP contribution is 2.34. The number of esters is 1. The summed E-state index contributed by atoms with van der Waals surface area (Å²) in [5.41, 5.74) is 1.61. The van der Waals surface area contributed by atoms with Gasteiger partial charge in [-0.3, -0.25) is 0 Å². The predicted molar refractivity (Wildman–Crippen MR) is 121 cm³/mol. The van der Waals surface area contributed by atoms with Gasteiger partial charge < -0.3 is 4.74 Å². The molecule has 4 aromatic rings. The summed E-state index contributed by atoms with van der Waals surface area (Å²) in [4.78, 5) is 13.0. The normalized spacial score (nSPS) is 10.7. The van der Waals surface area contributed by atoms with E-state index in [9.17, 15) is 4.79 Å². The van der Waals surface area contributed by atoms with Gasteiger partial charge in [0, 0.05) is 0 Å². The highest BCUT2D eigenvalue weighted by Gasteiger charge is 2.22. The molecule has 3 heteroatoms. The molecule has 2 nitrogen and oxygen atoms in total. The molecule has 0 aliphatic carbocycles. The topological polar surface area (TPSA) is 26.3 Å². The molecular formula is C26H21O2P. The first-order valence-electron chi connectivity index (χ1n) is 9.53. The van der Waals surface area contributed by atoms with E-state index in [1.54, 1.807) is 0 Å². The standard InChI is InChI=1S/C26H21O2P/c27-26(28-20-21-12-4-1-5-13-21)24-18-10-11-19-25(24)29(22-14-6-2-7-15-22)23-16-8-3-9-17-23/h1-19H,20H2. The van der Waals surface area contributed by atoms with Gasteiger partial charge in [-0.2, -0.15) is 0 Å². The molecule has 142 valence electrons. The van der Waals surface area contributed by atoms with Crippen LogP contribution < -0.4 is 15.9 Å². The number of carbonyl (C=O) groups excluding carboxylic acids is 1. The molecule has 0 amide bonds. The summed E-state index contributed by atoms with van der Waals surface area (Å²) in [6.07, 6.45) is 0. The Morgan fingerprint density at radius 1 is 0.621 bits per heavy atom. The van der Waals surface area contributed by atoms with Gasteiger partial charge in [0.15, 0.2) is 0 Å². The quantitative estimate of drug-likeness (QED) is 0.346. The van der Waals surface area contributed by atoms with Crippen LogP contribution in [0.25, 0.3) is 0 Å². The van der Waals surface area contributed by atoms with Crippen molar-refractivity contribution in [3.8, 4) is 0 Å². The van der Waals surface area contributed by atoms with Gasteiger partial charge in [0.2, 0.25) is 0 Å². The number of benzene rings is 4. The van der Waals surface area contributed by atoms with Crippen molar-refractivity contribution in [3.05, 3.63) is 126 Å². The molecule has 0 heterocycles. The van der Waals surface area contributed by atoms with Crippen LogP contribution in [0.4, 0.5) is 0 Å². The third-order valence-electron chi connectivity index (χ3n) is 4.61. The smallest absolute Gasteiger partial charge is 0.339 e. The fraction of sp³-hybridized carbons (Fsp3) is 0.0385. The maximum absolute atomic E-state index is 13.0. The highest BCUT2D eigenvalue weighted by atomic mass is 31.1. The molecule has 4 aromatic carbocycles. The Kier molecular flexibility index (Phi) is 6.14. The predicted octanol–water partition coefficient (Wildman–Crippen LogP) is 4.80. The summed E-state index contributed by atoms with van der Waals surface area (Å²) in [5.74, 6) is -0.288. The van der Waals surface area contributed by atoms with E-state index in [0.29, 0.717) is 5.56 Å². The van der Waals surface area contributed by atoms with Crippen molar-refractivity contribution in [1.29, 1.82) is 0 Å². The third-order valence-corrected chi connectivity index (χ3v) is 7.11. The molecule has 0 aliphatic heterocycles. The second-order valence-electron chi connectivity index (χ2n) is 6.59. The molecule has 0 saturated carbocycles. The lowest BCUT2D eigenvalue weighted by molar-refractivity contribution is 0.0474. The first kappa shape index (κ1) is 19.1. The van der Waals surface area contributed by atoms with E-state index >= 15 is 0 Å². The van der Waals surface area contributed by atoms with Gasteiger partial charge in [0.05, 0.1) is 5.56 Å². The first-order valence-corrected chi connectivity index (χ1v) is 10.9. The van der Waals surface area contributed by atoms with Crippen molar-refractivity contribution >= 4 is 29.8 Å². The number of ether oxygens (including phenoxy) is 1. The van der Waals surface area contributed by atoms with Gasteiger partial charge in [-0.05, 0) is 35.5 Å². The van der Waals surface area contributed by atoms with Crippen molar-refractivity contribution in [2.75, 3.05) is 0 Å². The van der Waals surface area contributed by atoms with Crippen molar-refractivity contribution < 1.29 is 9.53 Å². The average Bonchev–Trinajstić information content (AvgIpc) is 2.80. The van der Waals surface area contributed by atoms with Crippen LogP contribution in [-0.2, 0) is 11.3 Å². The summed E-state index contributed by atoms with van der Waals surface area (Å²) in [6.45, 7) is 0.266. The van der Waals surface area contributed by atoms with Crippen LogP contribution in [-0.4, -0.2) is 5.97 Å². The Bertz CT molecular complexity index is 1020. The largest absolute Gasteiger partial charge is 0.457 e. The van der Waals surface area contributed by atoms with E-state index in [0.717, 1.165) is 10.9 Å². The molecule has 0 aliphatic rings. The Hall–Kier alpha value is -3.22. The minimum atomic E-state index is -0.865. The molecular weight excluding hydrogens is 375 g/mol. The summed E-state index contributed by atoms with van der Waals surface area (Å²) in [5, 5.41) is 3.42. The molecule has 0 radical (unpaired) electrons. The number of hydrogen-bond donors (Lipinski definition) is 0. The minimum absolute atomic E-state index is 0.266. The van der Waals surface area contributed by atoms with Gasteiger partial charge in [-0.1, -0.05) is 109 Å². The Labute approximate surface area is 172 Å². The van der Waals surface area contributed by atoms with Crippen LogP contribution in [0.2, 0.25) is 0 Å². The molecule has 0 spiro atoms. The van der Waals surface area contributed by atoms with E-state index in [-0.39, 0.29) is 12.6 Å². The zero-order valence-electron chi connectivity index (χ0n) is 15.9. The summed E-state index contributed by atoms with van der Waals surface area (Å²) in [6, 6.07) is 38.3. The molecule has 0 saturated heterocycles. The molecule has 4 rings (SSSR count). The zero-order valence-corrected chi connectivity index (χ0v) is 16.8. The van der Waals surface area contributed by atoms with Crippen LogP contribution in [0.5, 0.6) is 0 Å². The van der Waals surface area contributed by atoms with Gasteiger partial charge in [0.1, 0.15) is 6.61 Å².